The zero-order chi connectivity index (χ0) is 22.2. The first-order chi connectivity index (χ1) is 13.3. The lowest BCUT2D eigenvalue weighted by atomic mass is 9.97. The first-order valence-corrected chi connectivity index (χ1v) is 9.49. The second-order valence-electron chi connectivity index (χ2n) is 7.08. The molecule has 2 nitrogen and oxygen atoms in total. The van der Waals surface area contributed by atoms with Crippen molar-refractivity contribution in [1.29, 1.82) is 0 Å². The van der Waals surface area contributed by atoms with E-state index in [9.17, 15) is 39.5 Å². The van der Waals surface area contributed by atoms with E-state index in [4.69, 9.17) is 0 Å². The van der Waals surface area contributed by atoms with E-state index in [-0.39, 0.29) is 6.42 Å². The topological polar surface area (TPSA) is 17.8 Å². The number of alkyl halides is 9. The lowest BCUT2D eigenvalue weighted by Gasteiger charge is -2.33. The van der Waals surface area contributed by atoms with Crippen molar-refractivity contribution in [2.24, 2.45) is 0 Å². The summed E-state index contributed by atoms with van der Waals surface area (Å²) in [4.78, 5) is 3.92. The highest BCUT2D eigenvalue weighted by Gasteiger charge is 2.81. The molecule has 1 aromatic rings. The molecule has 0 spiro atoms. The van der Waals surface area contributed by atoms with Crippen molar-refractivity contribution < 1.29 is 39.5 Å². The maximum Gasteiger partial charge on any atom is 0.460 e. The van der Waals surface area contributed by atoms with Crippen LogP contribution in [0.25, 0.3) is 0 Å². The van der Waals surface area contributed by atoms with Gasteiger partial charge in [-0.3, -0.25) is 0 Å². The van der Waals surface area contributed by atoms with Crippen LogP contribution < -0.4 is 0 Å². The zero-order valence-electron chi connectivity index (χ0n) is 15.8. The van der Waals surface area contributed by atoms with Crippen LogP contribution >= 0.6 is 0 Å². The number of aryl methyl sites for hydroxylation is 1. The smallest absolute Gasteiger partial charge is 0.337 e. The van der Waals surface area contributed by atoms with Gasteiger partial charge in [0.05, 0.1) is 6.33 Å². The fraction of sp³-hybridized carbons (Fsp3) is 0.833. The Balaban J connectivity index is 2.15. The molecule has 11 heteroatoms. The Hall–Kier alpha value is -1.42. The summed E-state index contributed by atoms with van der Waals surface area (Å²) in [5.74, 6) is -18.7. The molecule has 0 fully saturated rings. The molecule has 1 heterocycles. The van der Waals surface area contributed by atoms with E-state index in [1.807, 2.05) is 10.8 Å². The first kappa shape index (κ1) is 25.6. The summed E-state index contributed by atoms with van der Waals surface area (Å²) < 4.78 is 116. The SMILES string of the molecule is FC(F)(F)C(F)(F)C(F)(F)C(F)(F)CCCCCCCCCCCn1ccnc1. The van der Waals surface area contributed by atoms with Crippen LogP contribution in [0.1, 0.15) is 64.2 Å². The largest absolute Gasteiger partial charge is 0.460 e. The number of aromatic nitrogens is 2. The second-order valence-corrected chi connectivity index (χ2v) is 7.08. The molecule has 0 aromatic carbocycles. The van der Waals surface area contributed by atoms with Gasteiger partial charge in [0.2, 0.25) is 0 Å². The normalized spacial score (nSPS) is 13.8. The van der Waals surface area contributed by atoms with Crippen molar-refractivity contribution in [2.75, 3.05) is 0 Å². The summed E-state index contributed by atoms with van der Waals surface area (Å²) in [5, 5.41) is 0. The molecule has 0 aliphatic rings. The Labute approximate surface area is 163 Å². The van der Waals surface area contributed by atoms with Crippen molar-refractivity contribution in [3.63, 3.8) is 0 Å². The molecule has 0 aliphatic heterocycles. The van der Waals surface area contributed by atoms with Crippen LogP contribution in [0.3, 0.4) is 0 Å². The van der Waals surface area contributed by atoms with Gasteiger partial charge < -0.3 is 4.57 Å². The van der Waals surface area contributed by atoms with Crippen LogP contribution in [0.5, 0.6) is 0 Å². The second kappa shape index (κ2) is 10.6. The minimum atomic E-state index is -6.79. The molecule has 0 radical (unpaired) electrons. The van der Waals surface area contributed by atoms with E-state index < -0.39 is 36.8 Å². The van der Waals surface area contributed by atoms with Crippen molar-refractivity contribution in [2.45, 2.75) is 94.7 Å². The van der Waals surface area contributed by atoms with Gasteiger partial charge in [0.1, 0.15) is 0 Å². The molecule has 0 atom stereocenters. The van der Waals surface area contributed by atoms with Gasteiger partial charge in [-0.05, 0) is 12.8 Å². The van der Waals surface area contributed by atoms with Gasteiger partial charge in [-0.25, -0.2) is 4.98 Å². The highest BCUT2D eigenvalue weighted by atomic mass is 19.4. The Morgan fingerprint density at radius 1 is 0.621 bits per heavy atom. The third-order valence-electron chi connectivity index (χ3n) is 4.68. The van der Waals surface area contributed by atoms with Crippen LogP contribution in [0.4, 0.5) is 39.5 Å². The van der Waals surface area contributed by atoms with Crippen LogP contribution in [-0.4, -0.2) is 33.5 Å². The summed E-state index contributed by atoms with van der Waals surface area (Å²) in [6, 6.07) is 0. The molecule has 0 aliphatic carbocycles. The standard InChI is InChI=1S/C18H25F9N2/c19-15(20,16(21,22)17(23,24)18(25,26)27)10-8-6-4-2-1-3-5-7-9-12-29-13-11-28-14-29/h11,13-14H,1-10,12H2. The van der Waals surface area contributed by atoms with Gasteiger partial charge in [-0.1, -0.05) is 44.9 Å². The van der Waals surface area contributed by atoms with Gasteiger partial charge in [0, 0.05) is 25.4 Å². The number of hydrogen-bond donors (Lipinski definition) is 0. The lowest BCUT2D eigenvalue weighted by Crippen LogP contribution is -2.60. The van der Waals surface area contributed by atoms with Gasteiger partial charge in [0.15, 0.2) is 0 Å². The summed E-state index contributed by atoms with van der Waals surface area (Å²) in [5.41, 5.74) is 0. The molecule has 1 rings (SSSR count). The first-order valence-electron chi connectivity index (χ1n) is 9.49. The Kier molecular flexibility index (Phi) is 9.33. The number of imidazole rings is 1. The molecule has 1 aromatic heterocycles. The predicted molar refractivity (Wildman–Crippen MR) is 89.3 cm³/mol. The molecule has 0 amide bonds. The van der Waals surface area contributed by atoms with Crippen molar-refractivity contribution >= 4 is 0 Å². The van der Waals surface area contributed by atoms with Gasteiger partial charge >= 0.3 is 23.9 Å². The maximum absolute atomic E-state index is 13.3. The van der Waals surface area contributed by atoms with Crippen LogP contribution in [0.2, 0.25) is 0 Å². The monoisotopic (exact) mass is 440 g/mol. The maximum atomic E-state index is 13.3. The number of rotatable bonds is 14. The molecule has 170 valence electrons. The highest BCUT2D eigenvalue weighted by molar-refractivity contribution is 5.00. The van der Waals surface area contributed by atoms with Gasteiger partial charge in [0.25, 0.3) is 0 Å². The fourth-order valence-corrected chi connectivity index (χ4v) is 2.86. The lowest BCUT2D eigenvalue weighted by molar-refractivity contribution is -0.396. The van der Waals surface area contributed by atoms with Crippen LogP contribution in [-0.2, 0) is 6.54 Å². The molecular formula is C18H25F9N2. The van der Waals surface area contributed by atoms with Crippen molar-refractivity contribution in [3.05, 3.63) is 18.7 Å². The molecule has 0 saturated carbocycles. The minimum absolute atomic E-state index is 0.0594. The van der Waals surface area contributed by atoms with E-state index in [1.54, 1.807) is 12.5 Å². The van der Waals surface area contributed by atoms with Crippen LogP contribution in [0.15, 0.2) is 18.7 Å². The summed E-state index contributed by atoms with van der Waals surface area (Å²) in [7, 11) is 0. The predicted octanol–water partition coefficient (Wildman–Crippen LogP) is 7.25. The van der Waals surface area contributed by atoms with Crippen molar-refractivity contribution in [1.82, 2.24) is 9.55 Å². The quantitative estimate of drug-likeness (QED) is 0.220. The number of halogens is 9. The van der Waals surface area contributed by atoms with Crippen LogP contribution in [0, 0.1) is 0 Å². The summed E-state index contributed by atoms with van der Waals surface area (Å²) >= 11 is 0. The average Bonchev–Trinajstić information content (AvgIpc) is 3.11. The molecule has 0 unspecified atom stereocenters. The van der Waals surface area contributed by atoms with E-state index >= 15 is 0 Å². The number of unbranched alkanes of at least 4 members (excludes halogenated alkanes) is 8. The van der Waals surface area contributed by atoms with Gasteiger partial charge in [-0.2, -0.15) is 39.5 Å². The minimum Gasteiger partial charge on any atom is -0.337 e. The highest BCUT2D eigenvalue weighted by Crippen LogP contribution is 2.54. The molecule has 0 N–H and O–H groups in total. The molecular weight excluding hydrogens is 415 g/mol. The van der Waals surface area contributed by atoms with E-state index in [0.29, 0.717) is 12.8 Å². The molecule has 29 heavy (non-hydrogen) atoms. The molecule has 0 saturated heterocycles. The Bertz CT molecular complexity index is 568. The summed E-state index contributed by atoms with van der Waals surface area (Å²) in [6.45, 7) is 0.867. The van der Waals surface area contributed by atoms with E-state index in [1.165, 1.54) is 0 Å². The fourth-order valence-electron chi connectivity index (χ4n) is 2.86. The number of hydrogen-bond acceptors (Lipinski definition) is 1. The Morgan fingerprint density at radius 3 is 1.55 bits per heavy atom. The number of nitrogens with zero attached hydrogens (tertiary/aromatic N) is 2. The average molecular weight is 440 g/mol. The van der Waals surface area contributed by atoms with Gasteiger partial charge in [-0.15, -0.1) is 0 Å². The summed E-state index contributed by atoms with van der Waals surface area (Å²) in [6.07, 6.45) is 2.09. The van der Waals surface area contributed by atoms with E-state index in [2.05, 4.69) is 4.98 Å². The third kappa shape index (κ3) is 7.09. The Morgan fingerprint density at radius 2 is 1.10 bits per heavy atom. The third-order valence-corrected chi connectivity index (χ3v) is 4.68. The molecule has 0 bridgehead atoms. The van der Waals surface area contributed by atoms with Crippen molar-refractivity contribution in [3.8, 4) is 0 Å². The zero-order valence-corrected chi connectivity index (χ0v) is 15.8. The van der Waals surface area contributed by atoms with E-state index in [0.717, 1.165) is 38.6 Å².